The van der Waals surface area contributed by atoms with Crippen LogP contribution in [-0.4, -0.2) is 12.7 Å². The number of hydrogen-bond donors (Lipinski definition) is 0. The van der Waals surface area contributed by atoms with E-state index >= 15 is 0 Å². The van der Waals surface area contributed by atoms with E-state index in [1.54, 1.807) is 0 Å². The summed E-state index contributed by atoms with van der Waals surface area (Å²) in [7, 11) is 0. The molecule has 0 aliphatic heterocycles. The van der Waals surface area contributed by atoms with Crippen LogP contribution in [-0.2, 0) is 4.74 Å². The van der Waals surface area contributed by atoms with Crippen LogP contribution in [0.25, 0.3) is 0 Å². The van der Waals surface area contributed by atoms with Crippen molar-refractivity contribution in [3.8, 4) is 0 Å². The normalized spacial score (nSPS) is 20.1. The van der Waals surface area contributed by atoms with E-state index in [0.29, 0.717) is 6.10 Å². The Morgan fingerprint density at radius 2 is 2.43 bits per heavy atom. The molecule has 1 aliphatic carbocycles. The molecule has 0 atom stereocenters. The van der Waals surface area contributed by atoms with Gasteiger partial charge in [0.2, 0.25) is 0 Å². The minimum absolute atomic E-state index is 0.621. The summed E-state index contributed by atoms with van der Waals surface area (Å²) in [6.07, 6.45) is 5.23. The molecule has 0 N–H and O–H groups in total. The van der Waals surface area contributed by atoms with Crippen LogP contribution in [0, 0.1) is 6.42 Å². The molecule has 0 aromatic rings. The fourth-order valence-corrected chi connectivity index (χ4v) is 0.467. The Labute approximate surface area is 44.7 Å². The highest BCUT2D eigenvalue weighted by atomic mass is 16.5. The molecule has 0 aromatic carbocycles. The van der Waals surface area contributed by atoms with E-state index in [2.05, 4.69) is 0 Å². The van der Waals surface area contributed by atoms with Crippen molar-refractivity contribution in [2.24, 2.45) is 0 Å². The van der Waals surface area contributed by atoms with Gasteiger partial charge in [-0.05, 0) is 19.3 Å². The zero-order valence-corrected chi connectivity index (χ0v) is 4.68. The second kappa shape index (κ2) is 2.31. The largest absolute Gasteiger partial charge is 0.378 e. The van der Waals surface area contributed by atoms with Gasteiger partial charge in [-0.1, -0.05) is 6.92 Å². The van der Waals surface area contributed by atoms with Gasteiger partial charge in [0.25, 0.3) is 0 Å². The molecule has 1 saturated carbocycles. The van der Waals surface area contributed by atoms with Gasteiger partial charge >= 0.3 is 0 Å². The number of hydrogen-bond acceptors (Lipinski definition) is 1. The van der Waals surface area contributed by atoms with E-state index in [9.17, 15) is 0 Å². The predicted molar refractivity (Wildman–Crippen MR) is 28.9 cm³/mol. The molecule has 0 saturated heterocycles. The maximum Gasteiger partial charge on any atom is 0.0577 e. The van der Waals surface area contributed by atoms with Crippen LogP contribution in [0.1, 0.15) is 19.8 Å². The van der Waals surface area contributed by atoms with Gasteiger partial charge in [0, 0.05) is 6.61 Å². The van der Waals surface area contributed by atoms with Crippen LogP contribution >= 0.6 is 0 Å². The summed E-state index contributed by atoms with van der Waals surface area (Å²) in [5, 5.41) is 0. The van der Waals surface area contributed by atoms with Gasteiger partial charge in [-0.15, -0.1) is 0 Å². The highest BCUT2D eigenvalue weighted by Crippen LogP contribution is 2.22. The SMILES string of the molecule is C[CH]COC1CC1. The average molecular weight is 99.2 g/mol. The van der Waals surface area contributed by atoms with Crippen LogP contribution in [0.3, 0.4) is 0 Å². The first kappa shape index (κ1) is 5.10. The summed E-state index contributed by atoms with van der Waals surface area (Å²) >= 11 is 0. The fourth-order valence-electron chi connectivity index (χ4n) is 0.467. The molecular weight excluding hydrogens is 88.1 g/mol. The third-order valence-corrected chi connectivity index (χ3v) is 1.02. The van der Waals surface area contributed by atoms with Crippen molar-refractivity contribution in [2.45, 2.75) is 25.9 Å². The molecule has 0 amide bonds. The highest BCUT2D eigenvalue weighted by molar-refractivity contribution is 4.73. The Kier molecular flexibility index (Phi) is 1.69. The molecule has 1 fully saturated rings. The van der Waals surface area contributed by atoms with Crippen LogP contribution in [0.15, 0.2) is 0 Å². The van der Waals surface area contributed by atoms with Gasteiger partial charge in [-0.3, -0.25) is 0 Å². The van der Waals surface area contributed by atoms with Crippen molar-refractivity contribution in [3.63, 3.8) is 0 Å². The van der Waals surface area contributed by atoms with E-state index in [4.69, 9.17) is 4.74 Å². The van der Waals surface area contributed by atoms with Gasteiger partial charge in [0.15, 0.2) is 0 Å². The Hall–Kier alpha value is -0.0400. The Balaban J connectivity index is 1.80. The Bertz CT molecular complexity index is 48.1. The molecule has 0 aromatic heterocycles. The first-order valence-corrected chi connectivity index (χ1v) is 2.83. The molecule has 1 rings (SSSR count). The molecule has 1 aliphatic rings. The molecular formula is C6H11O. The van der Waals surface area contributed by atoms with Gasteiger partial charge < -0.3 is 4.74 Å². The van der Waals surface area contributed by atoms with Gasteiger partial charge in [0.05, 0.1) is 6.10 Å². The third kappa shape index (κ3) is 1.93. The molecule has 0 heterocycles. The van der Waals surface area contributed by atoms with Gasteiger partial charge in [-0.25, -0.2) is 0 Å². The molecule has 1 heteroatoms. The van der Waals surface area contributed by atoms with E-state index < -0.39 is 0 Å². The summed E-state index contributed by atoms with van der Waals surface area (Å²) in [6, 6.07) is 0. The predicted octanol–water partition coefficient (Wildman–Crippen LogP) is 1.39. The maximum atomic E-state index is 5.25. The van der Waals surface area contributed by atoms with Crippen LogP contribution in [0.4, 0.5) is 0 Å². The lowest BCUT2D eigenvalue weighted by Crippen LogP contribution is -1.93. The number of rotatable bonds is 3. The molecule has 1 radical (unpaired) electrons. The summed E-state index contributed by atoms with van der Waals surface area (Å²) < 4.78 is 5.25. The van der Waals surface area contributed by atoms with E-state index in [1.165, 1.54) is 12.8 Å². The second-order valence-electron chi connectivity index (χ2n) is 1.94. The first-order valence-electron chi connectivity index (χ1n) is 2.83. The standard InChI is InChI=1S/C6H11O/c1-2-5-7-6-3-4-6/h2,6H,3-5H2,1H3. The van der Waals surface area contributed by atoms with Crippen molar-refractivity contribution >= 4 is 0 Å². The highest BCUT2D eigenvalue weighted by Gasteiger charge is 2.20. The van der Waals surface area contributed by atoms with Crippen molar-refractivity contribution in [1.29, 1.82) is 0 Å². The van der Waals surface area contributed by atoms with E-state index in [0.717, 1.165) is 6.61 Å². The smallest absolute Gasteiger partial charge is 0.0577 e. The minimum Gasteiger partial charge on any atom is -0.378 e. The lowest BCUT2D eigenvalue weighted by atomic mass is 10.5. The van der Waals surface area contributed by atoms with Gasteiger partial charge in [0.1, 0.15) is 0 Å². The van der Waals surface area contributed by atoms with Crippen molar-refractivity contribution in [3.05, 3.63) is 6.42 Å². The van der Waals surface area contributed by atoms with E-state index in [-0.39, 0.29) is 0 Å². The topological polar surface area (TPSA) is 9.23 Å². The summed E-state index contributed by atoms with van der Waals surface area (Å²) in [5.41, 5.74) is 0. The Morgan fingerprint density at radius 1 is 1.71 bits per heavy atom. The second-order valence-corrected chi connectivity index (χ2v) is 1.94. The quantitative estimate of drug-likeness (QED) is 0.519. The lowest BCUT2D eigenvalue weighted by molar-refractivity contribution is 0.139. The molecule has 0 spiro atoms. The summed E-state index contributed by atoms with van der Waals surface area (Å²) in [5.74, 6) is 0. The van der Waals surface area contributed by atoms with Crippen molar-refractivity contribution in [1.82, 2.24) is 0 Å². The summed E-state index contributed by atoms with van der Waals surface area (Å²) in [4.78, 5) is 0. The first-order chi connectivity index (χ1) is 3.43. The van der Waals surface area contributed by atoms with E-state index in [1.807, 2.05) is 13.3 Å². The van der Waals surface area contributed by atoms with Crippen LogP contribution in [0.5, 0.6) is 0 Å². The fraction of sp³-hybridized carbons (Fsp3) is 0.833. The summed E-state index contributed by atoms with van der Waals surface area (Å²) in [6.45, 7) is 2.85. The maximum absolute atomic E-state index is 5.25. The van der Waals surface area contributed by atoms with Crippen molar-refractivity contribution in [2.75, 3.05) is 6.61 Å². The molecule has 7 heavy (non-hydrogen) atoms. The zero-order valence-electron chi connectivity index (χ0n) is 4.68. The number of ether oxygens (including phenoxy) is 1. The van der Waals surface area contributed by atoms with Gasteiger partial charge in [-0.2, -0.15) is 0 Å². The molecule has 1 nitrogen and oxygen atoms in total. The molecule has 0 bridgehead atoms. The van der Waals surface area contributed by atoms with Crippen molar-refractivity contribution < 1.29 is 4.74 Å². The Morgan fingerprint density at radius 3 is 2.86 bits per heavy atom. The lowest BCUT2D eigenvalue weighted by Gasteiger charge is -1.93. The third-order valence-electron chi connectivity index (χ3n) is 1.02. The zero-order chi connectivity index (χ0) is 5.11. The molecule has 0 unspecified atom stereocenters. The van der Waals surface area contributed by atoms with Crippen LogP contribution < -0.4 is 0 Å². The monoisotopic (exact) mass is 99.1 g/mol. The minimum atomic E-state index is 0.621. The van der Waals surface area contributed by atoms with Crippen LogP contribution in [0.2, 0.25) is 0 Å². The average Bonchev–Trinajstić information content (AvgIpc) is 2.42. The molecule has 41 valence electrons.